The van der Waals surface area contributed by atoms with E-state index in [1.165, 1.54) is 0 Å². The summed E-state index contributed by atoms with van der Waals surface area (Å²) in [6, 6.07) is 0. The first-order chi connectivity index (χ1) is 8.99. The third kappa shape index (κ3) is 2.23. The highest BCUT2D eigenvalue weighted by molar-refractivity contribution is 5.27. The molecule has 0 bridgehead atoms. The van der Waals surface area contributed by atoms with E-state index < -0.39 is 42.4 Å². The molecule has 9 heteroatoms. The Labute approximate surface area is 105 Å². The summed E-state index contributed by atoms with van der Waals surface area (Å²) in [5.41, 5.74) is 3.84. The summed E-state index contributed by atoms with van der Waals surface area (Å²) in [6.07, 6.45) is -3.18. The molecular weight excluding hydrogens is 264 g/mol. The zero-order valence-corrected chi connectivity index (χ0v) is 9.53. The lowest BCUT2D eigenvalue weighted by molar-refractivity contribution is -0.0449. The fourth-order valence-electron chi connectivity index (χ4n) is 1.79. The minimum atomic E-state index is -1.44. The van der Waals surface area contributed by atoms with Gasteiger partial charge in [-0.1, -0.05) is 0 Å². The molecule has 0 aromatic carbocycles. The molecule has 104 valence electrons. The van der Waals surface area contributed by atoms with Gasteiger partial charge in [-0.05, 0) is 0 Å². The maximum Gasteiger partial charge on any atom is 0.352 e. The predicted molar refractivity (Wildman–Crippen MR) is 59.1 cm³/mol. The Bertz CT molecular complexity index is 574. The van der Waals surface area contributed by atoms with Gasteiger partial charge in [0.1, 0.15) is 12.2 Å². The number of ether oxygens (including phenoxy) is 1. The molecule has 2 heterocycles. The van der Waals surface area contributed by atoms with Crippen molar-refractivity contribution in [3.63, 3.8) is 0 Å². The summed E-state index contributed by atoms with van der Waals surface area (Å²) in [6.45, 7) is -0.589. The van der Waals surface area contributed by atoms with Crippen LogP contribution in [-0.2, 0) is 4.74 Å². The molecule has 0 aliphatic carbocycles. The Morgan fingerprint density at radius 1 is 1.63 bits per heavy atom. The number of nitrogen functional groups attached to an aromatic ring is 1. The second-order valence-electron chi connectivity index (χ2n) is 3.93. The van der Waals surface area contributed by atoms with Crippen molar-refractivity contribution in [3.8, 4) is 0 Å². The fraction of sp³-hybridized carbons (Fsp3) is 0.400. The van der Waals surface area contributed by atoms with E-state index in [2.05, 4.69) is 4.98 Å². The number of aromatic nitrogens is 2. The molecule has 1 aliphatic rings. The van der Waals surface area contributed by atoms with Gasteiger partial charge in [-0.25, -0.2) is 13.6 Å². The van der Waals surface area contributed by atoms with Crippen molar-refractivity contribution < 1.29 is 23.7 Å². The van der Waals surface area contributed by atoms with E-state index in [9.17, 15) is 18.7 Å². The number of halogens is 2. The number of aliphatic hydroxyl groups excluding tert-OH is 2. The summed E-state index contributed by atoms with van der Waals surface area (Å²) in [5.74, 6) is -1.58. The van der Waals surface area contributed by atoms with Crippen molar-refractivity contribution in [2.75, 3.05) is 12.3 Å². The minimum absolute atomic E-state index is 0.0473. The minimum Gasteiger partial charge on any atom is -0.394 e. The van der Waals surface area contributed by atoms with Gasteiger partial charge in [-0.15, -0.1) is 0 Å². The molecule has 1 aliphatic heterocycles. The molecule has 0 radical (unpaired) electrons. The summed E-state index contributed by atoms with van der Waals surface area (Å²) in [5, 5.41) is 18.6. The number of nitrogens with zero attached hydrogens (tertiary/aromatic N) is 2. The second-order valence-corrected chi connectivity index (χ2v) is 3.93. The van der Waals surface area contributed by atoms with Crippen LogP contribution in [0.2, 0.25) is 0 Å². The Morgan fingerprint density at radius 3 is 2.89 bits per heavy atom. The number of aliphatic hydroxyl groups is 2. The van der Waals surface area contributed by atoms with Crippen molar-refractivity contribution >= 4 is 5.82 Å². The van der Waals surface area contributed by atoms with Crippen LogP contribution in [-0.4, -0.2) is 38.6 Å². The molecule has 2 rings (SSSR count). The molecule has 7 nitrogen and oxygen atoms in total. The van der Waals surface area contributed by atoms with Gasteiger partial charge in [0.2, 0.25) is 0 Å². The summed E-state index contributed by atoms with van der Waals surface area (Å²) < 4.78 is 31.8. The van der Waals surface area contributed by atoms with Gasteiger partial charge in [0.15, 0.2) is 17.9 Å². The number of rotatable bonds is 2. The summed E-state index contributed by atoms with van der Waals surface area (Å²) in [7, 11) is 0. The number of hydrogen-bond donors (Lipinski definition) is 3. The molecule has 19 heavy (non-hydrogen) atoms. The van der Waals surface area contributed by atoms with Gasteiger partial charge in [-0.2, -0.15) is 4.98 Å². The van der Waals surface area contributed by atoms with Gasteiger partial charge in [0.05, 0.1) is 19.1 Å². The first kappa shape index (κ1) is 13.6. The molecule has 0 amide bonds. The van der Waals surface area contributed by atoms with Gasteiger partial charge < -0.3 is 20.7 Å². The molecule has 1 fully saturated rings. The molecule has 0 spiro atoms. The standard InChI is InChI=1S/C10H11F2N3O4/c11-1-4-7(17)6(3-16)19-9(4)15-2-5(12)8(13)14-10(15)18/h1-2,6-7,9,16-17H,3H2,(H2,13,14,18)/b4-1+. The van der Waals surface area contributed by atoms with Gasteiger partial charge in [-0.3, -0.25) is 4.57 Å². The smallest absolute Gasteiger partial charge is 0.352 e. The Kier molecular flexibility index (Phi) is 3.60. The zero-order valence-electron chi connectivity index (χ0n) is 9.53. The van der Waals surface area contributed by atoms with E-state index >= 15 is 0 Å². The van der Waals surface area contributed by atoms with Crippen molar-refractivity contribution in [2.45, 2.75) is 18.4 Å². The number of nitrogens with two attached hydrogens (primary N) is 1. The monoisotopic (exact) mass is 275 g/mol. The zero-order chi connectivity index (χ0) is 14.2. The van der Waals surface area contributed by atoms with Crippen LogP contribution in [0.3, 0.4) is 0 Å². The van der Waals surface area contributed by atoms with Crippen molar-refractivity contribution in [1.82, 2.24) is 9.55 Å². The van der Waals surface area contributed by atoms with Crippen molar-refractivity contribution in [3.05, 3.63) is 34.4 Å². The van der Waals surface area contributed by atoms with E-state index in [1.54, 1.807) is 0 Å². The number of anilines is 1. The van der Waals surface area contributed by atoms with Crippen LogP contribution in [0.4, 0.5) is 14.6 Å². The average molecular weight is 275 g/mol. The largest absolute Gasteiger partial charge is 0.394 e. The summed E-state index contributed by atoms with van der Waals surface area (Å²) >= 11 is 0. The highest BCUT2D eigenvalue weighted by Crippen LogP contribution is 2.33. The van der Waals surface area contributed by atoms with Crippen LogP contribution in [0.15, 0.2) is 22.9 Å². The predicted octanol–water partition coefficient (Wildman–Crippen LogP) is -0.931. The Morgan fingerprint density at radius 2 is 2.32 bits per heavy atom. The van der Waals surface area contributed by atoms with E-state index in [0.29, 0.717) is 10.8 Å². The Balaban J connectivity index is 2.47. The van der Waals surface area contributed by atoms with E-state index in [4.69, 9.17) is 15.6 Å². The Hall–Kier alpha value is -1.84. The summed E-state index contributed by atoms with van der Waals surface area (Å²) in [4.78, 5) is 14.8. The maximum absolute atomic E-state index is 13.3. The molecule has 1 aromatic rings. The van der Waals surface area contributed by atoms with Crippen LogP contribution in [0.25, 0.3) is 0 Å². The SMILES string of the molecule is Nc1nc(=O)n(C2OC(CO)C(O)/C2=C\F)cc1F. The molecule has 1 aromatic heterocycles. The molecule has 4 N–H and O–H groups in total. The van der Waals surface area contributed by atoms with E-state index in [-0.39, 0.29) is 11.9 Å². The van der Waals surface area contributed by atoms with E-state index in [1.807, 2.05) is 0 Å². The van der Waals surface area contributed by atoms with Crippen LogP contribution in [0.1, 0.15) is 6.23 Å². The highest BCUT2D eigenvalue weighted by Gasteiger charge is 2.40. The number of hydrogen-bond acceptors (Lipinski definition) is 6. The van der Waals surface area contributed by atoms with Crippen molar-refractivity contribution in [2.24, 2.45) is 0 Å². The third-order valence-corrected chi connectivity index (χ3v) is 2.78. The van der Waals surface area contributed by atoms with Gasteiger partial charge >= 0.3 is 5.69 Å². The third-order valence-electron chi connectivity index (χ3n) is 2.78. The first-order valence-electron chi connectivity index (χ1n) is 5.28. The van der Waals surface area contributed by atoms with E-state index in [0.717, 1.165) is 0 Å². The van der Waals surface area contributed by atoms with Crippen LogP contribution in [0.5, 0.6) is 0 Å². The van der Waals surface area contributed by atoms with Crippen LogP contribution in [0, 0.1) is 5.82 Å². The molecule has 0 saturated carbocycles. The molecular formula is C10H11F2N3O4. The van der Waals surface area contributed by atoms with Gasteiger partial charge in [0, 0.05) is 5.57 Å². The molecule has 3 unspecified atom stereocenters. The molecule has 3 atom stereocenters. The quantitative estimate of drug-likeness (QED) is 0.643. The fourth-order valence-corrected chi connectivity index (χ4v) is 1.79. The second kappa shape index (κ2) is 5.03. The topological polar surface area (TPSA) is 111 Å². The lowest BCUT2D eigenvalue weighted by Gasteiger charge is -2.14. The lowest BCUT2D eigenvalue weighted by Crippen LogP contribution is -2.29. The van der Waals surface area contributed by atoms with Gasteiger partial charge in [0.25, 0.3) is 0 Å². The first-order valence-corrected chi connectivity index (χ1v) is 5.28. The van der Waals surface area contributed by atoms with Crippen molar-refractivity contribution in [1.29, 1.82) is 0 Å². The lowest BCUT2D eigenvalue weighted by atomic mass is 10.1. The highest BCUT2D eigenvalue weighted by atomic mass is 19.1. The maximum atomic E-state index is 13.3. The van der Waals surface area contributed by atoms with Crippen LogP contribution >= 0.6 is 0 Å². The normalized spacial score (nSPS) is 29.1. The molecule has 1 saturated heterocycles. The average Bonchev–Trinajstić information content (AvgIpc) is 2.70. The van der Waals surface area contributed by atoms with Crippen LogP contribution < -0.4 is 11.4 Å².